The lowest BCUT2D eigenvalue weighted by Gasteiger charge is -2.11. The number of nitrogens with two attached hydrogens (primary N) is 1. The zero-order chi connectivity index (χ0) is 16.7. The van der Waals surface area contributed by atoms with E-state index in [-0.39, 0.29) is 18.5 Å². The standard InChI is InChI=1S/C17H18ClN3O2/c1-12(13-7-9-14(18)10-8-13)19-11-16(22)21-17(23)20-15-5-3-2-4-6-15/h2-10,12,19H,11H2,1H3,(H2,20,21,22,23)/p+1/t12-/m1/s1. The minimum atomic E-state index is -0.534. The first-order valence-corrected chi connectivity index (χ1v) is 7.67. The van der Waals surface area contributed by atoms with Gasteiger partial charge in [-0.1, -0.05) is 41.9 Å². The van der Waals surface area contributed by atoms with Crippen LogP contribution in [0.5, 0.6) is 0 Å². The van der Waals surface area contributed by atoms with Crippen molar-refractivity contribution in [1.82, 2.24) is 5.32 Å². The summed E-state index contributed by atoms with van der Waals surface area (Å²) in [6, 6.07) is 16.0. The third-order valence-electron chi connectivity index (χ3n) is 3.34. The number of amides is 3. The molecule has 1 atom stereocenters. The molecule has 0 spiro atoms. The van der Waals surface area contributed by atoms with Gasteiger partial charge < -0.3 is 10.6 Å². The van der Waals surface area contributed by atoms with Crippen LogP contribution in [0.25, 0.3) is 0 Å². The summed E-state index contributed by atoms with van der Waals surface area (Å²) in [6.45, 7) is 2.15. The van der Waals surface area contributed by atoms with Gasteiger partial charge in [0.15, 0.2) is 6.54 Å². The fraction of sp³-hybridized carbons (Fsp3) is 0.176. The van der Waals surface area contributed by atoms with Crippen molar-refractivity contribution >= 4 is 29.2 Å². The average molecular weight is 333 g/mol. The highest BCUT2D eigenvalue weighted by Crippen LogP contribution is 2.13. The molecule has 0 aliphatic carbocycles. The van der Waals surface area contributed by atoms with Crippen molar-refractivity contribution in [2.24, 2.45) is 0 Å². The van der Waals surface area contributed by atoms with Crippen molar-refractivity contribution in [3.8, 4) is 0 Å². The van der Waals surface area contributed by atoms with E-state index in [2.05, 4.69) is 10.6 Å². The average Bonchev–Trinajstić information content (AvgIpc) is 2.54. The van der Waals surface area contributed by atoms with Crippen LogP contribution in [0.4, 0.5) is 10.5 Å². The summed E-state index contributed by atoms with van der Waals surface area (Å²) in [5.41, 5.74) is 1.70. The fourth-order valence-corrected chi connectivity index (χ4v) is 2.17. The Balaban J connectivity index is 1.76. The van der Waals surface area contributed by atoms with Crippen LogP contribution >= 0.6 is 11.6 Å². The molecule has 0 unspecified atom stereocenters. The van der Waals surface area contributed by atoms with Crippen molar-refractivity contribution in [1.29, 1.82) is 0 Å². The van der Waals surface area contributed by atoms with E-state index in [4.69, 9.17) is 11.6 Å². The SMILES string of the molecule is C[C@@H]([NH2+]CC(=O)NC(=O)Nc1ccccc1)c1ccc(Cl)cc1. The number of para-hydroxylation sites is 1. The monoisotopic (exact) mass is 332 g/mol. The second-order valence-electron chi connectivity index (χ2n) is 5.15. The Hall–Kier alpha value is -2.37. The molecule has 0 aromatic heterocycles. The van der Waals surface area contributed by atoms with Crippen LogP contribution in [0.2, 0.25) is 5.02 Å². The van der Waals surface area contributed by atoms with Gasteiger partial charge in [0.2, 0.25) is 0 Å². The Morgan fingerprint density at radius 2 is 1.74 bits per heavy atom. The summed E-state index contributed by atoms with van der Waals surface area (Å²) in [4.78, 5) is 23.5. The zero-order valence-corrected chi connectivity index (χ0v) is 13.5. The first-order chi connectivity index (χ1) is 11.0. The maximum atomic E-state index is 11.8. The van der Waals surface area contributed by atoms with Crippen molar-refractivity contribution in [2.45, 2.75) is 13.0 Å². The van der Waals surface area contributed by atoms with E-state index in [1.807, 2.05) is 42.6 Å². The zero-order valence-electron chi connectivity index (χ0n) is 12.8. The Labute approximate surface area is 140 Å². The number of benzene rings is 2. The minimum Gasteiger partial charge on any atom is -0.333 e. The molecule has 4 N–H and O–H groups in total. The number of halogens is 1. The molecule has 6 heteroatoms. The molecule has 0 bridgehead atoms. The Morgan fingerprint density at radius 1 is 1.09 bits per heavy atom. The summed E-state index contributed by atoms with van der Waals surface area (Å²) in [7, 11) is 0. The molecule has 0 aliphatic heterocycles. The number of hydrogen-bond donors (Lipinski definition) is 3. The van der Waals surface area contributed by atoms with Gasteiger partial charge in [0, 0.05) is 16.3 Å². The van der Waals surface area contributed by atoms with Crippen LogP contribution in [0.15, 0.2) is 54.6 Å². The number of quaternary nitrogens is 1. The normalized spacial score (nSPS) is 11.6. The van der Waals surface area contributed by atoms with E-state index in [0.717, 1.165) is 5.56 Å². The first-order valence-electron chi connectivity index (χ1n) is 7.29. The highest BCUT2D eigenvalue weighted by molar-refractivity contribution is 6.30. The number of urea groups is 1. The molecule has 0 heterocycles. The largest absolute Gasteiger partial charge is 0.333 e. The summed E-state index contributed by atoms with van der Waals surface area (Å²) in [5.74, 6) is -0.348. The lowest BCUT2D eigenvalue weighted by molar-refractivity contribution is -0.682. The van der Waals surface area contributed by atoms with Crippen LogP contribution in [-0.2, 0) is 4.79 Å². The molecule has 23 heavy (non-hydrogen) atoms. The third-order valence-corrected chi connectivity index (χ3v) is 3.59. The molecule has 5 nitrogen and oxygen atoms in total. The number of carbonyl (C=O) groups excluding carboxylic acids is 2. The minimum absolute atomic E-state index is 0.0928. The van der Waals surface area contributed by atoms with Gasteiger partial charge in [0.05, 0.1) is 0 Å². The highest BCUT2D eigenvalue weighted by atomic mass is 35.5. The lowest BCUT2D eigenvalue weighted by atomic mass is 10.1. The lowest BCUT2D eigenvalue weighted by Crippen LogP contribution is -2.87. The molecular formula is C17H19ClN3O2+. The van der Waals surface area contributed by atoms with E-state index in [9.17, 15) is 9.59 Å². The quantitative estimate of drug-likeness (QED) is 0.786. The molecule has 2 aromatic carbocycles. The number of carbonyl (C=O) groups is 2. The molecule has 0 saturated heterocycles. The number of nitrogens with one attached hydrogen (secondary N) is 2. The Morgan fingerprint density at radius 3 is 2.39 bits per heavy atom. The molecule has 0 radical (unpaired) electrons. The van der Waals surface area contributed by atoms with Crippen LogP contribution in [0.1, 0.15) is 18.5 Å². The van der Waals surface area contributed by atoms with E-state index in [1.165, 1.54) is 0 Å². The van der Waals surface area contributed by atoms with Crippen molar-refractivity contribution in [3.63, 3.8) is 0 Å². The van der Waals surface area contributed by atoms with E-state index in [0.29, 0.717) is 10.7 Å². The summed E-state index contributed by atoms with van der Waals surface area (Å²) < 4.78 is 0. The van der Waals surface area contributed by atoms with E-state index >= 15 is 0 Å². The Kier molecular flexibility index (Phi) is 6.14. The number of anilines is 1. The first kappa shape index (κ1) is 17.0. The summed E-state index contributed by atoms with van der Waals surface area (Å²) in [6.07, 6.45) is 0. The topological polar surface area (TPSA) is 74.8 Å². The third kappa shape index (κ3) is 5.73. The highest BCUT2D eigenvalue weighted by Gasteiger charge is 2.13. The van der Waals surface area contributed by atoms with Crippen molar-refractivity contribution in [2.75, 3.05) is 11.9 Å². The predicted molar refractivity (Wildman–Crippen MR) is 90.3 cm³/mol. The van der Waals surface area contributed by atoms with Gasteiger partial charge in [-0.15, -0.1) is 0 Å². The van der Waals surface area contributed by atoms with Gasteiger partial charge in [-0.05, 0) is 31.2 Å². The van der Waals surface area contributed by atoms with Gasteiger partial charge in [0.1, 0.15) is 6.04 Å². The molecule has 2 rings (SSSR count). The van der Waals surface area contributed by atoms with E-state index < -0.39 is 6.03 Å². The summed E-state index contributed by atoms with van der Waals surface area (Å²) >= 11 is 5.85. The van der Waals surface area contributed by atoms with Crippen LogP contribution < -0.4 is 16.0 Å². The molecule has 2 aromatic rings. The van der Waals surface area contributed by atoms with Crippen molar-refractivity contribution in [3.05, 3.63) is 65.2 Å². The fourth-order valence-electron chi connectivity index (χ4n) is 2.05. The Bertz CT molecular complexity index is 659. The van der Waals surface area contributed by atoms with Crippen LogP contribution in [0.3, 0.4) is 0 Å². The molecular weight excluding hydrogens is 314 g/mol. The predicted octanol–water partition coefficient (Wildman–Crippen LogP) is 2.31. The number of imide groups is 1. The second-order valence-corrected chi connectivity index (χ2v) is 5.58. The molecule has 0 saturated carbocycles. The van der Waals surface area contributed by atoms with E-state index in [1.54, 1.807) is 24.3 Å². The second kappa shape index (κ2) is 8.31. The molecule has 120 valence electrons. The van der Waals surface area contributed by atoms with Crippen molar-refractivity contribution < 1.29 is 14.9 Å². The van der Waals surface area contributed by atoms with Gasteiger partial charge >= 0.3 is 6.03 Å². The maximum absolute atomic E-state index is 11.8. The molecule has 3 amide bonds. The maximum Gasteiger partial charge on any atom is 0.326 e. The molecule has 0 aliphatic rings. The van der Waals surface area contributed by atoms with Crippen LogP contribution in [0, 0.1) is 0 Å². The smallest absolute Gasteiger partial charge is 0.326 e. The number of rotatable bonds is 5. The summed E-state index contributed by atoms with van der Waals surface area (Å²) in [5, 5.41) is 7.43. The molecule has 0 fully saturated rings. The van der Waals surface area contributed by atoms with Gasteiger partial charge in [-0.2, -0.15) is 0 Å². The van der Waals surface area contributed by atoms with Gasteiger partial charge in [-0.25, -0.2) is 4.79 Å². The van der Waals surface area contributed by atoms with Gasteiger partial charge in [-0.3, -0.25) is 10.1 Å². The number of hydrogen-bond acceptors (Lipinski definition) is 2. The van der Waals surface area contributed by atoms with Crippen LogP contribution in [-0.4, -0.2) is 18.5 Å². The van der Waals surface area contributed by atoms with Gasteiger partial charge in [0.25, 0.3) is 5.91 Å².